The molecule has 6 N–H and O–H groups in total. The van der Waals surface area contributed by atoms with Crippen molar-refractivity contribution in [3.8, 4) is 57.1 Å². The maximum absolute atomic E-state index is 6.38. The molecule has 0 saturated carbocycles. The highest BCUT2D eigenvalue weighted by Crippen LogP contribution is 2.41. The third-order valence-electron chi connectivity index (χ3n) is 12.8. The van der Waals surface area contributed by atoms with E-state index in [0.29, 0.717) is 68.8 Å². The van der Waals surface area contributed by atoms with E-state index in [9.17, 15) is 0 Å². The molecule has 0 unspecified atom stereocenters. The van der Waals surface area contributed by atoms with E-state index in [1.165, 1.54) is 91.7 Å². The topological polar surface area (TPSA) is 170 Å². The van der Waals surface area contributed by atoms with E-state index < -0.39 is 0 Å². The second-order valence-corrected chi connectivity index (χ2v) is 21.6. The SMILES string of the molecule is CCCCCCSc1ccc2c(c1)-c1nc-2nc2[nH]c(nc3nc(nc4[nH]c(n1)c1ccc(Oc5ccc(N)c(N)c5)cc41)-c1ccc(SCCCCCC)cc1-3)c1ccc(SCCCCCC)cc21. The number of nitrogens with two attached hydrogens (primary N) is 2. The molecule has 5 aromatic carbocycles. The molecule has 0 spiro atoms. The Kier molecular flexibility index (Phi) is 14.9. The standard InChI is InChI=1S/C56H60N10OS3/c1-4-7-10-13-26-68-36-18-22-40-44(31-36)55-62-50(40)60-53-43-29-34(67-35-17-25-47(57)48(58)30-35)16-21-39(43)49(59-53)61-54-45-32-37(69-27-14-11-8-5-2)19-23-41(45)51(63-54)65-56-46-33-38(70-28-15-12-9-6-3)20-24-42(46)52(64-55)66-56/h16-25,29-33H,4-15,26-28,57-58H2,1-3H3,(H2,59,60,61,62,63,64,65,66). The normalized spacial score (nSPS) is 11.9. The van der Waals surface area contributed by atoms with Crippen molar-refractivity contribution in [2.45, 2.75) is 113 Å². The van der Waals surface area contributed by atoms with Gasteiger partial charge in [0.2, 0.25) is 0 Å². The zero-order valence-corrected chi connectivity index (χ0v) is 42.7. The number of hydrogen-bond acceptors (Lipinski definition) is 12. The van der Waals surface area contributed by atoms with Gasteiger partial charge in [0, 0.05) is 64.6 Å². The molecule has 0 aliphatic carbocycles. The van der Waals surface area contributed by atoms with E-state index in [4.69, 9.17) is 46.1 Å². The van der Waals surface area contributed by atoms with E-state index in [0.717, 1.165) is 61.1 Å². The van der Waals surface area contributed by atoms with Crippen molar-refractivity contribution >= 4 is 90.8 Å². The Hall–Kier alpha value is -6.09. The molecular formula is C56H60N10OS3. The van der Waals surface area contributed by atoms with Gasteiger partial charge in [-0.1, -0.05) is 78.6 Å². The highest BCUT2D eigenvalue weighted by atomic mass is 32.2. The van der Waals surface area contributed by atoms with Crippen LogP contribution in [0.3, 0.4) is 0 Å². The van der Waals surface area contributed by atoms with Crippen molar-refractivity contribution in [3.63, 3.8) is 0 Å². The van der Waals surface area contributed by atoms with E-state index in [1.807, 2.05) is 59.6 Å². The first-order valence-corrected chi connectivity index (χ1v) is 27.9. The molecule has 0 saturated heterocycles. The summed E-state index contributed by atoms with van der Waals surface area (Å²) in [5, 5.41) is 3.61. The smallest absolute Gasteiger partial charge is 0.164 e. The van der Waals surface area contributed by atoms with Crippen molar-refractivity contribution in [1.82, 2.24) is 39.9 Å². The first-order valence-electron chi connectivity index (χ1n) is 25.0. The predicted molar refractivity (Wildman–Crippen MR) is 296 cm³/mol. The van der Waals surface area contributed by atoms with Crippen molar-refractivity contribution in [1.29, 1.82) is 0 Å². The lowest BCUT2D eigenvalue weighted by Crippen LogP contribution is -1.94. The summed E-state index contributed by atoms with van der Waals surface area (Å²) in [4.78, 5) is 42.8. The van der Waals surface area contributed by atoms with Crippen LogP contribution >= 0.6 is 35.3 Å². The summed E-state index contributed by atoms with van der Waals surface area (Å²) in [6.07, 6.45) is 14.7. The van der Waals surface area contributed by atoms with Crippen molar-refractivity contribution in [2.24, 2.45) is 0 Å². The minimum absolute atomic E-state index is 0.452. The van der Waals surface area contributed by atoms with Crippen LogP contribution in [0.2, 0.25) is 0 Å². The van der Waals surface area contributed by atoms with Gasteiger partial charge in [0.25, 0.3) is 0 Å². The maximum atomic E-state index is 6.38. The van der Waals surface area contributed by atoms with Gasteiger partial charge in [0.05, 0.1) is 11.4 Å². The summed E-state index contributed by atoms with van der Waals surface area (Å²) < 4.78 is 6.38. The Morgan fingerprint density at radius 1 is 0.386 bits per heavy atom. The molecule has 11 nitrogen and oxygen atoms in total. The lowest BCUT2D eigenvalue weighted by Gasteiger charge is -2.08. The fraction of sp³-hybridized carbons (Fsp3) is 0.321. The number of ether oxygens (including phenoxy) is 1. The second-order valence-electron chi connectivity index (χ2n) is 18.1. The molecule has 10 rings (SSSR count). The third-order valence-corrected chi connectivity index (χ3v) is 16.1. The van der Waals surface area contributed by atoms with Crippen LogP contribution in [-0.4, -0.2) is 57.1 Å². The van der Waals surface area contributed by atoms with E-state index in [-0.39, 0.29) is 0 Å². The van der Waals surface area contributed by atoms with Crippen molar-refractivity contribution in [3.05, 3.63) is 91.0 Å². The van der Waals surface area contributed by atoms with Crippen LogP contribution in [0.1, 0.15) is 97.8 Å². The van der Waals surface area contributed by atoms with E-state index >= 15 is 0 Å². The molecule has 8 bridgehead atoms. The van der Waals surface area contributed by atoms with Gasteiger partial charge in [-0.05, 0) is 121 Å². The van der Waals surface area contributed by atoms with Crippen LogP contribution < -0.4 is 16.2 Å². The van der Waals surface area contributed by atoms with Crippen molar-refractivity contribution in [2.75, 3.05) is 28.7 Å². The number of hydrogen-bond donors (Lipinski definition) is 4. The Bertz CT molecular complexity index is 3350. The lowest BCUT2D eigenvalue weighted by atomic mass is 10.1. The largest absolute Gasteiger partial charge is 0.457 e. The number of fused-ring (bicyclic) bond motifs is 20. The van der Waals surface area contributed by atoms with Crippen LogP contribution in [0.4, 0.5) is 11.4 Å². The number of aromatic amines is 2. The van der Waals surface area contributed by atoms with Crippen LogP contribution in [-0.2, 0) is 0 Å². The summed E-state index contributed by atoms with van der Waals surface area (Å²) in [6.45, 7) is 6.76. The maximum Gasteiger partial charge on any atom is 0.164 e. The molecule has 5 heterocycles. The molecule has 2 aliphatic heterocycles. The Labute approximate surface area is 422 Å². The number of nitrogens with zero attached hydrogens (tertiary/aromatic N) is 6. The Morgan fingerprint density at radius 2 is 0.800 bits per heavy atom. The van der Waals surface area contributed by atoms with Crippen LogP contribution in [0.5, 0.6) is 11.5 Å². The average Bonchev–Trinajstić information content (AvgIpc) is 4.10. The second kappa shape index (κ2) is 21.9. The number of rotatable bonds is 20. The molecule has 70 heavy (non-hydrogen) atoms. The Balaban J connectivity index is 1.19. The van der Waals surface area contributed by atoms with Crippen molar-refractivity contribution < 1.29 is 4.74 Å². The third kappa shape index (κ3) is 10.5. The molecule has 14 heteroatoms. The molecule has 0 fully saturated rings. The molecule has 8 aromatic rings. The number of aromatic nitrogens is 8. The fourth-order valence-electron chi connectivity index (χ4n) is 8.95. The average molecular weight is 985 g/mol. The lowest BCUT2D eigenvalue weighted by molar-refractivity contribution is 0.484. The van der Waals surface area contributed by atoms with Gasteiger partial charge in [-0.2, -0.15) is 0 Å². The van der Waals surface area contributed by atoms with Gasteiger partial charge in [-0.25, -0.2) is 29.9 Å². The number of anilines is 2. The number of thioether (sulfide) groups is 3. The van der Waals surface area contributed by atoms with E-state index in [1.54, 1.807) is 12.1 Å². The zero-order chi connectivity index (χ0) is 48.0. The van der Waals surface area contributed by atoms with Gasteiger partial charge in [-0.3, -0.25) is 0 Å². The number of nitrogens with one attached hydrogen (secondary N) is 2. The molecular weight excluding hydrogens is 925 g/mol. The van der Waals surface area contributed by atoms with Gasteiger partial charge in [-0.15, -0.1) is 35.3 Å². The summed E-state index contributed by atoms with van der Waals surface area (Å²) in [6, 6.07) is 30.9. The van der Waals surface area contributed by atoms with Crippen LogP contribution in [0, 0.1) is 0 Å². The molecule has 0 atom stereocenters. The van der Waals surface area contributed by atoms with Crippen LogP contribution in [0.25, 0.3) is 89.7 Å². The Morgan fingerprint density at radius 3 is 1.30 bits per heavy atom. The molecule has 0 radical (unpaired) electrons. The highest BCUT2D eigenvalue weighted by molar-refractivity contribution is 7.99. The van der Waals surface area contributed by atoms with E-state index in [2.05, 4.69) is 85.3 Å². The number of nitrogen functional groups attached to an aromatic ring is 2. The van der Waals surface area contributed by atoms with Gasteiger partial charge < -0.3 is 26.2 Å². The first-order chi connectivity index (χ1) is 34.3. The molecule has 2 aliphatic rings. The minimum atomic E-state index is 0.452. The summed E-state index contributed by atoms with van der Waals surface area (Å²) in [7, 11) is 0. The zero-order valence-electron chi connectivity index (χ0n) is 40.2. The number of unbranched alkanes of at least 4 members (excludes halogenated alkanes) is 9. The molecule has 0 amide bonds. The molecule has 358 valence electrons. The highest BCUT2D eigenvalue weighted by Gasteiger charge is 2.24. The summed E-state index contributed by atoms with van der Waals surface area (Å²) in [5.41, 5.74) is 19.4. The monoisotopic (exact) mass is 984 g/mol. The van der Waals surface area contributed by atoms with Crippen LogP contribution in [0.15, 0.2) is 106 Å². The quantitative estimate of drug-likeness (QED) is 0.0324. The molecule has 3 aromatic heterocycles. The number of H-pyrrole nitrogens is 2. The predicted octanol–water partition coefficient (Wildman–Crippen LogP) is 15.8. The fourth-order valence-corrected chi connectivity index (χ4v) is 11.8. The summed E-state index contributed by atoms with van der Waals surface area (Å²) >= 11 is 5.65. The van der Waals surface area contributed by atoms with Gasteiger partial charge in [0.1, 0.15) is 34.1 Å². The minimum Gasteiger partial charge on any atom is -0.457 e. The van der Waals surface area contributed by atoms with Gasteiger partial charge >= 0.3 is 0 Å². The first kappa shape index (κ1) is 47.6. The van der Waals surface area contributed by atoms with Gasteiger partial charge in [0.15, 0.2) is 23.3 Å². The summed E-state index contributed by atoms with van der Waals surface area (Å²) in [5.74, 6) is 6.64. The number of benzene rings is 5.